The Kier molecular flexibility index (Phi) is 5.90. The smallest absolute Gasteiger partial charge is 0.244 e. The minimum atomic E-state index is -0.271. The molecular weight excluding hydrogens is 374 g/mol. The predicted octanol–water partition coefficient (Wildman–Crippen LogP) is 4.68. The molecule has 5 nitrogen and oxygen atoms in total. The molecule has 0 radical (unpaired) electrons. The first-order valence-electron chi connectivity index (χ1n) is 9.82. The minimum Gasteiger partial charge on any atom is -0.497 e. The van der Waals surface area contributed by atoms with Gasteiger partial charge in [0.25, 0.3) is 0 Å². The standard InChI is InChI=1S/C25H23N3O2/c1-30-20-14-11-18(12-15-20)13-16-24(29)26-23(17-19-7-3-2-4-8-19)25-27-21-9-5-6-10-22(21)28-25/h2-16,23H,17H2,1H3,(H,26,29)(H,27,28)/b16-13+/t23-/m0/s1. The van der Waals surface area contributed by atoms with Crippen LogP contribution in [0.1, 0.15) is 23.0 Å². The number of nitrogens with one attached hydrogen (secondary N) is 2. The number of imidazole rings is 1. The zero-order valence-electron chi connectivity index (χ0n) is 16.7. The second-order valence-electron chi connectivity index (χ2n) is 7.00. The van der Waals surface area contributed by atoms with E-state index in [0.29, 0.717) is 6.42 Å². The molecule has 0 aliphatic carbocycles. The van der Waals surface area contributed by atoms with Crippen LogP contribution in [0.25, 0.3) is 17.1 Å². The molecule has 0 bridgehead atoms. The highest BCUT2D eigenvalue weighted by Gasteiger charge is 2.18. The van der Waals surface area contributed by atoms with Crippen molar-refractivity contribution in [1.82, 2.24) is 15.3 Å². The van der Waals surface area contributed by atoms with E-state index in [1.807, 2.05) is 66.7 Å². The number of H-pyrrole nitrogens is 1. The lowest BCUT2D eigenvalue weighted by molar-refractivity contribution is -0.117. The van der Waals surface area contributed by atoms with Gasteiger partial charge >= 0.3 is 0 Å². The Bertz CT molecular complexity index is 1110. The highest BCUT2D eigenvalue weighted by molar-refractivity contribution is 5.92. The summed E-state index contributed by atoms with van der Waals surface area (Å²) in [6, 6.07) is 25.2. The summed E-state index contributed by atoms with van der Waals surface area (Å²) in [5, 5.41) is 3.09. The number of benzene rings is 3. The lowest BCUT2D eigenvalue weighted by Crippen LogP contribution is -2.29. The molecule has 1 amide bonds. The van der Waals surface area contributed by atoms with Gasteiger partial charge in [0.05, 0.1) is 24.2 Å². The molecule has 4 rings (SSSR count). The van der Waals surface area contributed by atoms with Crippen LogP contribution in [-0.4, -0.2) is 23.0 Å². The van der Waals surface area contributed by atoms with Gasteiger partial charge in [-0.05, 0) is 47.9 Å². The van der Waals surface area contributed by atoms with Crippen LogP contribution >= 0.6 is 0 Å². The molecule has 1 aromatic heterocycles. The zero-order chi connectivity index (χ0) is 20.8. The number of aromatic nitrogens is 2. The van der Waals surface area contributed by atoms with Gasteiger partial charge in [-0.2, -0.15) is 0 Å². The summed E-state index contributed by atoms with van der Waals surface area (Å²) in [5.41, 5.74) is 3.89. The van der Waals surface area contributed by atoms with E-state index in [9.17, 15) is 4.79 Å². The van der Waals surface area contributed by atoms with Gasteiger partial charge in [0.1, 0.15) is 11.6 Å². The van der Waals surface area contributed by atoms with Gasteiger partial charge < -0.3 is 15.0 Å². The average molecular weight is 397 g/mol. The summed E-state index contributed by atoms with van der Waals surface area (Å²) in [4.78, 5) is 20.7. The van der Waals surface area contributed by atoms with E-state index in [1.165, 1.54) is 0 Å². The van der Waals surface area contributed by atoms with Gasteiger partial charge in [-0.25, -0.2) is 4.98 Å². The van der Waals surface area contributed by atoms with Crippen molar-refractivity contribution in [1.29, 1.82) is 0 Å². The zero-order valence-corrected chi connectivity index (χ0v) is 16.7. The third-order valence-corrected chi connectivity index (χ3v) is 4.88. The second kappa shape index (κ2) is 9.09. The topological polar surface area (TPSA) is 67.0 Å². The van der Waals surface area contributed by atoms with Crippen molar-refractivity contribution in [2.45, 2.75) is 12.5 Å². The van der Waals surface area contributed by atoms with Crippen LogP contribution in [0.15, 0.2) is 84.9 Å². The minimum absolute atomic E-state index is 0.174. The molecule has 0 saturated heterocycles. The number of methoxy groups -OCH3 is 1. The summed E-state index contributed by atoms with van der Waals surface area (Å²) < 4.78 is 5.16. The number of carbonyl (C=O) groups excluding carboxylic acids is 1. The van der Waals surface area contributed by atoms with Crippen molar-refractivity contribution in [2.24, 2.45) is 0 Å². The number of carbonyl (C=O) groups is 1. The molecule has 0 saturated carbocycles. The lowest BCUT2D eigenvalue weighted by atomic mass is 10.1. The van der Waals surface area contributed by atoms with E-state index in [2.05, 4.69) is 22.4 Å². The number of ether oxygens (including phenoxy) is 1. The molecule has 4 aromatic rings. The Labute approximate surface area is 175 Å². The highest BCUT2D eigenvalue weighted by atomic mass is 16.5. The molecule has 0 aliphatic heterocycles. The quantitative estimate of drug-likeness (QED) is 0.445. The fourth-order valence-corrected chi connectivity index (χ4v) is 3.31. The first-order valence-corrected chi connectivity index (χ1v) is 9.82. The summed E-state index contributed by atoms with van der Waals surface area (Å²) in [5.74, 6) is 1.35. The van der Waals surface area contributed by atoms with Crippen LogP contribution < -0.4 is 10.1 Å². The van der Waals surface area contributed by atoms with E-state index in [4.69, 9.17) is 9.72 Å². The molecule has 0 fully saturated rings. The number of hydrogen-bond donors (Lipinski definition) is 2. The molecule has 1 heterocycles. The summed E-state index contributed by atoms with van der Waals surface area (Å²) in [7, 11) is 1.63. The molecule has 0 spiro atoms. The molecule has 1 atom stereocenters. The molecule has 2 N–H and O–H groups in total. The Morgan fingerprint density at radius 2 is 1.77 bits per heavy atom. The summed E-state index contributed by atoms with van der Waals surface area (Å²) in [6.07, 6.45) is 3.97. The number of aromatic amines is 1. The third kappa shape index (κ3) is 4.75. The Morgan fingerprint density at radius 1 is 1.03 bits per heavy atom. The maximum Gasteiger partial charge on any atom is 0.244 e. The van der Waals surface area contributed by atoms with Crippen molar-refractivity contribution in [3.8, 4) is 5.75 Å². The highest BCUT2D eigenvalue weighted by Crippen LogP contribution is 2.20. The van der Waals surface area contributed by atoms with Crippen molar-refractivity contribution in [3.05, 3.63) is 102 Å². The lowest BCUT2D eigenvalue weighted by Gasteiger charge is -2.16. The van der Waals surface area contributed by atoms with Gasteiger partial charge in [-0.1, -0.05) is 54.6 Å². The van der Waals surface area contributed by atoms with Crippen LogP contribution in [0, 0.1) is 0 Å². The molecule has 3 aromatic carbocycles. The number of para-hydroxylation sites is 2. The molecule has 5 heteroatoms. The third-order valence-electron chi connectivity index (χ3n) is 4.88. The fraction of sp³-hybridized carbons (Fsp3) is 0.120. The molecular formula is C25H23N3O2. The number of hydrogen-bond acceptors (Lipinski definition) is 3. The summed E-state index contributed by atoms with van der Waals surface area (Å²) >= 11 is 0. The number of nitrogens with zero attached hydrogens (tertiary/aromatic N) is 1. The van der Waals surface area contributed by atoms with Gasteiger partial charge in [0.2, 0.25) is 5.91 Å². The number of amides is 1. The van der Waals surface area contributed by atoms with Crippen molar-refractivity contribution in [2.75, 3.05) is 7.11 Å². The van der Waals surface area contributed by atoms with E-state index >= 15 is 0 Å². The van der Waals surface area contributed by atoms with Gasteiger partial charge in [-0.15, -0.1) is 0 Å². The Hall–Kier alpha value is -3.86. The maximum absolute atomic E-state index is 12.7. The van der Waals surface area contributed by atoms with Gasteiger partial charge in [0, 0.05) is 6.08 Å². The van der Waals surface area contributed by atoms with Crippen molar-refractivity contribution >= 4 is 23.0 Å². The maximum atomic E-state index is 12.7. The Morgan fingerprint density at radius 3 is 2.50 bits per heavy atom. The summed E-state index contributed by atoms with van der Waals surface area (Å²) in [6.45, 7) is 0. The van der Waals surface area contributed by atoms with E-state index in [1.54, 1.807) is 19.3 Å². The fourth-order valence-electron chi connectivity index (χ4n) is 3.31. The monoisotopic (exact) mass is 397 g/mol. The van der Waals surface area contributed by atoms with Crippen LogP contribution in [0.4, 0.5) is 0 Å². The SMILES string of the molecule is COc1ccc(/C=C/C(=O)N[C@@H](Cc2ccccc2)c2nc3ccccc3[nH]2)cc1. The number of fused-ring (bicyclic) bond motifs is 1. The van der Waals surface area contributed by atoms with Crippen molar-refractivity contribution < 1.29 is 9.53 Å². The van der Waals surface area contributed by atoms with Gasteiger partial charge in [0.15, 0.2) is 0 Å². The average Bonchev–Trinajstić information content (AvgIpc) is 3.23. The second-order valence-corrected chi connectivity index (χ2v) is 7.00. The van der Waals surface area contributed by atoms with E-state index < -0.39 is 0 Å². The Balaban J connectivity index is 1.53. The molecule has 0 aliphatic rings. The van der Waals surface area contributed by atoms with Crippen LogP contribution in [0.2, 0.25) is 0 Å². The van der Waals surface area contributed by atoms with Crippen LogP contribution in [-0.2, 0) is 11.2 Å². The predicted molar refractivity (Wildman–Crippen MR) is 119 cm³/mol. The van der Waals surface area contributed by atoms with E-state index in [0.717, 1.165) is 33.7 Å². The normalized spacial score (nSPS) is 12.2. The van der Waals surface area contributed by atoms with Crippen LogP contribution in [0.5, 0.6) is 5.75 Å². The van der Waals surface area contributed by atoms with Gasteiger partial charge in [-0.3, -0.25) is 4.79 Å². The van der Waals surface area contributed by atoms with E-state index in [-0.39, 0.29) is 11.9 Å². The first-order chi connectivity index (χ1) is 14.7. The number of rotatable bonds is 7. The first kappa shape index (κ1) is 19.5. The molecule has 150 valence electrons. The van der Waals surface area contributed by atoms with Crippen molar-refractivity contribution in [3.63, 3.8) is 0 Å². The molecule has 0 unspecified atom stereocenters. The van der Waals surface area contributed by atoms with Crippen LogP contribution in [0.3, 0.4) is 0 Å². The largest absolute Gasteiger partial charge is 0.497 e. The molecule has 30 heavy (non-hydrogen) atoms.